The van der Waals surface area contributed by atoms with E-state index in [0.29, 0.717) is 23.3 Å². The minimum Gasteiger partial charge on any atom is -0.226 e. The third kappa shape index (κ3) is 4.78. The lowest BCUT2D eigenvalue weighted by Gasteiger charge is -2.09. The summed E-state index contributed by atoms with van der Waals surface area (Å²) in [5.41, 5.74) is 6.75. The molecule has 0 saturated heterocycles. The summed E-state index contributed by atoms with van der Waals surface area (Å²) in [6.45, 7) is 0. The highest BCUT2D eigenvalue weighted by atomic mass is 32.1. The Bertz CT molecular complexity index is 2860. The van der Waals surface area contributed by atoms with Crippen LogP contribution < -0.4 is 0 Å². The zero-order valence-electron chi connectivity index (χ0n) is 26.5. The van der Waals surface area contributed by atoms with E-state index in [-0.39, 0.29) is 0 Å². The Hall–Kier alpha value is -6.15. The van der Waals surface area contributed by atoms with Gasteiger partial charge in [0.25, 0.3) is 0 Å². The molecule has 0 aliphatic heterocycles. The number of benzene rings is 6. The summed E-state index contributed by atoms with van der Waals surface area (Å²) in [6.07, 6.45) is 0. The average Bonchev–Trinajstić information content (AvgIpc) is 3.77. The van der Waals surface area contributed by atoms with Crippen LogP contribution >= 0.6 is 22.7 Å². The van der Waals surface area contributed by atoms with Gasteiger partial charge in [0, 0.05) is 58.1 Å². The maximum atomic E-state index is 5.24. The highest BCUT2D eigenvalue weighted by Gasteiger charge is 2.21. The molecule has 0 fully saturated rings. The second-order valence-corrected chi connectivity index (χ2v) is 14.1. The minimum atomic E-state index is 0.627. The lowest BCUT2D eigenvalue weighted by molar-refractivity contribution is 1.08. The molecule has 0 N–H and O–H groups in total. The molecule has 10 rings (SSSR count). The molecule has 6 aromatic carbocycles. The van der Waals surface area contributed by atoms with Crippen LogP contribution in [0.4, 0.5) is 0 Å². The van der Waals surface area contributed by atoms with Crippen molar-refractivity contribution in [2.45, 2.75) is 0 Å². The van der Waals surface area contributed by atoms with Crippen LogP contribution in [0.15, 0.2) is 152 Å². The maximum absolute atomic E-state index is 5.24. The first kappa shape index (κ1) is 28.8. The van der Waals surface area contributed by atoms with Gasteiger partial charge in [-0.1, -0.05) is 133 Å². The molecule has 10 aromatic rings. The molecule has 0 unspecified atom stereocenters. The molecule has 234 valence electrons. The highest BCUT2D eigenvalue weighted by Crippen LogP contribution is 2.44. The number of hydrogen-bond donors (Lipinski definition) is 0. The molecule has 7 heteroatoms. The summed E-state index contributed by atoms with van der Waals surface area (Å²) in [7, 11) is 0. The second-order valence-electron chi connectivity index (χ2n) is 12.0. The Balaban J connectivity index is 1.24. The van der Waals surface area contributed by atoms with Gasteiger partial charge in [0.1, 0.15) is 0 Å². The normalized spacial score (nSPS) is 11.6. The van der Waals surface area contributed by atoms with Gasteiger partial charge in [0.15, 0.2) is 23.3 Å². The van der Waals surface area contributed by atoms with Gasteiger partial charge in [-0.25, -0.2) is 24.9 Å². The molecule has 4 aromatic heterocycles. The second kappa shape index (κ2) is 11.8. The van der Waals surface area contributed by atoms with Gasteiger partial charge < -0.3 is 0 Å². The van der Waals surface area contributed by atoms with Crippen molar-refractivity contribution in [2.75, 3.05) is 0 Å². The van der Waals surface area contributed by atoms with Crippen LogP contribution in [-0.2, 0) is 0 Å². The Labute approximate surface area is 295 Å². The van der Waals surface area contributed by atoms with Crippen LogP contribution in [0.3, 0.4) is 0 Å². The van der Waals surface area contributed by atoms with Crippen molar-refractivity contribution >= 4 is 63.1 Å². The Kier molecular flexibility index (Phi) is 6.79. The van der Waals surface area contributed by atoms with Crippen molar-refractivity contribution in [1.82, 2.24) is 24.9 Å². The predicted molar refractivity (Wildman–Crippen MR) is 208 cm³/mol. The molecule has 50 heavy (non-hydrogen) atoms. The van der Waals surface area contributed by atoms with Gasteiger partial charge in [-0.3, -0.25) is 0 Å². The van der Waals surface area contributed by atoms with Gasteiger partial charge in [-0.15, -0.1) is 22.7 Å². The van der Waals surface area contributed by atoms with Gasteiger partial charge in [-0.05, 0) is 18.2 Å². The summed E-state index contributed by atoms with van der Waals surface area (Å²) < 4.78 is 4.51. The smallest absolute Gasteiger partial charge is 0.165 e. The number of nitrogens with zero attached hydrogens (tertiary/aromatic N) is 5. The molecule has 0 aliphatic rings. The third-order valence-electron chi connectivity index (χ3n) is 8.97. The molecule has 0 bridgehead atoms. The molecule has 4 heterocycles. The van der Waals surface area contributed by atoms with E-state index >= 15 is 0 Å². The first-order valence-electron chi connectivity index (χ1n) is 16.3. The predicted octanol–water partition coefficient (Wildman–Crippen LogP) is 11.7. The van der Waals surface area contributed by atoms with E-state index < -0.39 is 0 Å². The minimum absolute atomic E-state index is 0.627. The number of thiophene rings is 2. The van der Waals surface area contributed by atoms with Gasteiger partial charge in [-0.2, -0.15) is 0 Å². The maximum Gasteiger partial charge on any atom is 0.165 e. The first-order chi connectivity index (χ1) is 24.8. The van der Waals surface area contributed by atoms with Crippen molar-refractivity contribution in [1.29, 1.82) is 0 Å². The van der Waals surface area contributed by atoms with Gasteiger partial charge >= 0.3 is 0 Å². The molecule has 5 nitrogen and oxygen atoms in total. The number of rotatable bonds is 5. The highest BCUT2D eigenvalue weighted by molar-refractivity contribution is 7.27. The van der Waals surface area contributed by atoms with Crippen LogP contribution in [0.25, 0.3) is 97.3 Å². The topological polar surface area (TPSA) is 64.5 Å². The quantitative estimate of drug-likeness (QED) is 0.182. The molecule has 0 radical (unpaired) electrons. The fraction of sp³-hybridized carbons (Fsp3) is 0. The number of hydrogen-bond acceptors (Lipinski definition) is 7. The van der Waals surface area contributed by atoms with Crippen LogP contribution in [0, 0.1) is 0 Å². The van der Waals surface area contributed by atoms with Crippen LogP contribution in [0.2, 0.25) is 0 Å². The first-order valence-corrected chi connectivity index (χ1v) is 18.0. The van der Waals surface area contributed by atoms with E-state index in [0.717, 1.165) is 53.8 Å². The summed E-state index contributed by atoms with van der Waals surface area (Å²) >= 11 is 3.47. The Morgan fingerprint density at radius 1 is 0.320 bits per heavy atom. The zero-order valence-corrected chi connectivity index (χ0v) is 28.1. The SMILES string of the molecule is c1ccc(-c2nc(-c3cccc4c3sc3ccccc34)nc(-c3cccc4c3sc3c(-c5ccccc5)nc(-c5ccccc5)nc34)n2)cc1. The summed E-state index contributed by atoms with van der Waals surface area (Å²) in [4.78, 5) is 25.8. The van der Waals surface area contributed by atoms with Crippen molar-refractivity contribution in [3.63, 3.8) is 0 Å². The van der Waals surface area contributed by atoms with E-state index in [4.69, 9.17) is 24.9 Å². The van der Waals surface area contributed by atoms with Crippen molar-refractivity contribution in [2.24, 2.45) is 0 Å². The van der Waals surface area contributed by atoms with Gasteiger partial charge in [0.2, 0.25) is 0 Å². The van der Waals surface area contributed by atoms with E-state index in [1.807, 2.05) is 42.5 Å². The fourth-order valence-electron chi connectivity index (χ4n) is 6.61. The van der Waals surface area contributed by atoms with Crippen molar-refractivity contribution in [3.8, 4) is 56.8 Å². The fourth-order valence-corrected chi connectivity index (χ4v) is 9.08. The molecule has 0 aliphatic carbocycles. The third-order valence-corrected chi connectivity index (χ3v) is 11.4. The van der Waals surface area contributed by atoms with E-state index in [2.05, 4.69) is 109 Å². The Morgan fingerprint density at radius 2 is 0.820 bits per heavy atom. The van der Waals surface area contributed by atoms with Crippen molar-refractivity contribution < 1.29 is 0 Å². The van der Waals surface area contributed by atoms with E-state index in [1.54, 1.807) is 22.7 Å². The molecule has 0 spiro atoms. The van der Waals surface area contributed by atoms with E-state index in [1.165, 1.54) is 20.2 Å². The average molecular weight is 676 g/mol. The lowest BCUT2D eigenvalue weighted by atomic mass is 10.1. The Morgan fingerprint density at radius 3 is 1.48 bits per heavy atom. The monoisotopic (exact) mass is 675 g/mol. The summed E-state index contributed by atoms with van der Waals surface area (Å²) in [6, 6.07) is 52.0. The van der Waals surface area contributed by atoms with Crippen LogP contribution in [-0.4, -0.2) is 24.9 Å². The molecule has 0 saturated carbocycles. The molecular formula is C43H25N5S2. The van der Waals surface area contributed by atoms with E-state index in [9.17, 15) is 0 Å². The molecular weight excluding hydrogens is 651 g/mol. The van der Waals surface area contributed by atoms with Crippen LogP contribution in [0.1, 0.15) is 0 Å². The summed E-state index contributed by atoms with van der Waals surface area (Å²) in [5, 5.41) is 3.50. The standard InChI is InChI=1S/C43H25N5S2/c1-4-14-26(15-5-1)35-39-36(45-40(44-35)27-16-6-2-7-17-27)31-22-13-24-33(38(31)50-39)43-47-41(28-18-8-3-9-19-28)46-42(48-43)32-23-12-21-30-29-20-10-11-25-34(29)49-37(30)32/h1-25H. The molecule has 0 amide bonds. The molecule has 0 atom stereocenters. The number of fused-ring (bicyclic) bond motifs is 6. The van der Waals surface area contributed by atoms with Crippen LogP contribution in [0.5, 0.6) is 0 Å². The number of aromatic nitrogens is 5. The summed E-state index contributed by atoms with van der Waals surface area (Å²) in [5.74, 6) is 2.62. The zero-order chi connectivity index (χ0) is 33.0. The largest absolute Gasteiger partial charge is 0.226 e. The van der Waals surface area contributed by atoms with Crippen molar-refractivity contribution in [3.05, 3.63) is 152 Å². The lowest BCUT2D eigenvalue weighted by Crippen LogP contribution is -2.00. The van der Waals surface area contributed by atoms with Gasteiger partial charge in [0.05, 0.1) is 15.9 Å².